The zero-order valence-corrected chi connectivity index (χ0v) is 5.39. The van der Waals surface area contributed by atoms with E-state index in [1.165, 1.54) is 0 Å². The summed E-state index contributed by atoms with van der Waals surface area (Å²) in [6.45, 7) is 0.672. The Balaban J connectivity index is 2.22. The predicted molar refractivity (Wildman–Crippen MR) is 34.8 cm³/mol. The molecule has 0 radical (unpaired) electrons. The van der Waals surface area contributed by atoms with Gasteiger partial charge in [0, 0.05) is 12.5 Å². The van der Waals surface area contributed by atoms with Gasteiger partial charge in [-0.1, -0.05) is 0 Å². The van der Waals surface area contributed by atoms with E-state index in [9.17, 15) is 4.79 Å². The fraction of sp³-hybridized carbons (Fsp3) is 0.833. The standard InChI is InChI=1S/C6H12N2O/c7-4-3-5-1-2-6(9)8-5/h5H,1-4,7H2,(H,8,9)/t5-/m1/s1. The first-order chi connectivity index (χ1) is 4.33. The monoisotopic (exact) mass is 128 g/mol. The quantitative estimate of drug-likeness (QED) is 0.532. The lowest BCUT2D eigenvalue weighted by Crippen LogP contribution is -2.27. The van der Waals surface area contributed by atoms with Gasteiger partial charge >= 0.3 is 0 Å². The molecule has 0 spiro atoms. The first-order valence-electron chi connectivity index (χ1n) is 3.32. The zero-order chi connectivity index (χ0) is 6.69. The van der Waals surface area contributed by atoms with Crippen molar-refractivity contribution in [2.45, 2.75) is 25.3 Å². The van der Waals surface area contributed by atoms with Gasteiger partial charge in [0.25, 0.3) is 0 Å². The third kappa shape index (κ3) is 1.68. The second-order valence-corrected chi connectivity index (χ2v) is 2.38. The number of hydrogen-bond donors (Lipinski definition) is 2. The van der Waals surface area contributed by atoms with Gasteiger partial charge < -0.3 is 11.1 Å². The molecule has 9 heavy (non-hydrogen) atoms. The minimum absolute atomic E-state index is 0.174. The summed E-state index contributed by atoms with van der Waals surface area (Å²) in [6, 6.07) is 0.363. The van der Waals surface area contributed by atoms with Crippen LogP contribution in [0.15, 0.2) is 0 Å². The van der Waals surface area contributed by atoms with Gasteiger partial charge in [-0.2, -0.15) is 0 Å². The van der Waals surface area contributed by atoms with Crippen LogP contribution in [0.2, 0.25) is 0 Å². The molecular formula is C6H12N2O. The van der Waals surface area contributed by atoms with Crippen LogP contribution in [0.3, 0.4) is 0 Å². The third-order valence-electron chi connectivity index (χ3n) is 1.60. The van der Waals surface area contributed by atoms with Crippen molar-refractivity contribution < 1.29 is 4.79 Å². The van der Waals surface area contributed by atoms with Crippen molar-refractivity contribution in [3.8, 4) is 0 Å². The van der Waals surface area contributed by atoms with Gasteiger partial charge in [0.05, 0.1) is 0 Å². The summed E-state index contributed by atoms with van der Waals surface area (Å²) in [5.41, 5.74) is 5.30. The van der Waals surface area contributed by atoms with E-state index in [0.29, 0.717) is 19.0 Å². The maximum absolute atomic E-state index is 10.6. The summed E-state index contributed by atoms with van der Waals surface area (Å²) in [4.78, 5) is 10.6. The molecule has 3 heteroatoms. The number of carbonyl (C=O) groups excluding carboxylic acids is 1. The van der Waals surface area contributed by atoms with Crippen molar-refractivity contribution in [3.05, 3.63) is 0 Å². The van der Waals surface area contributed by atoms with Crippen molar-refractivity contribution in [3.63, 3.8) is 0 Å². The average Bonchev–Trinajstić information content (AvgIpc) is 2.17. The summed E-state index contributed by atoms with van der Waals surface area (Å²) in [6.07, 6.45) is 2.58. The van der Waals surface area contributed by atoms with Crippen LogP contribution in [0.25, 0.3) is 0 Å². The van der Waals surface area contributed by atoms with Gasteiger partial charge in [-0.25, -0.2) is 0 Å². The highest BCUT2D eigenvalue weighted by Crippen LogP contribution is 2.08. The van der Waals surface area contributed by atoms with Gasteiger partial charge in [0.1, 0.15) is 0 Å². The molecule has 1 atom stereocenters. The summed E-state index contributed by atoms with van der Waals surface area (Å²) in [7, 11) is 0. The Morgan fingerprint density at radius 1 is 1.78 bits per heavy atom. The minimum Gasteiger partial charge on any atom is -0.353 e. The maximum atomic E-state index is 10.6. The van der Waals surface area contributed by atoms with E-state index in [1.54, 1.807) is 0 Å². The molecule has 1 saturated heterocycles. The lowest BCUT2D eigenvalue weighted by molar-refractivity contribution is -0.119. The van der Waals surface area contributed by atoms with Gasteiger partial charge in [0.2, 0.25) is 5.91 Å². The fourth-order valence-corrected chi connectivity index (χ4v) is 1.10. The molecule has 0 saturated carbocycles. The Kier molecular flexibility index (Phi) is 2.05. The van der Waals surface area contributed by atoms with E-state index >= 15 is 0 Å². The summed E-state index contributed by atoms with van der Waals surface area (Å²) in [5.74, 6) is 0.174. The van der Waals surface area contributed by atoms with Crippen molar-refractivity contribution in [1.82, 2.24) is 5.32 Å². The Bertz CT molecular complexity index is 114. The summed E-state index contributed by atoms with van der Waals surface area (Å²) < 4.78 is 0. The van der Waals surface area contributed by atoms with Crippen LogP contribution in [0.5, 0.6) is 0 Å². The molecule has 0 unspecified atom stereocenters. The van der Waals surface area contributed by atoms with E-state index in [2.05, 4.69) is 5.32 Å². The Labute approximate surface area is 54.6 Å². The number of hydrogen-bond acceptors (Lipinski definition) is 2. The number of nitrogens with one attached hydrogen (secondary N) is 1. The van der Waals surface area contributed by atoms with Crippen LogP contribution < -0.4 is 11.1 Å². The highest BCUT2D eigenvalue weighted by atomic mass is 16.1. The Morgan fingerprint density at radius 2 is 2.56 bits per heavy atom. The molecule has 1 aliphatic heterocycles. The van der Waals surface area contributed by atoms with E-state index in [-0.39, 0.29) is 5.91 Å². The van der Waals surface area contributed by atoms with Crippen LogP contribution in [0.1, 0.15) is 19.3 Å². The van der Waals surface area contributed by atoms with E-state index in [1.807, 2.05) is 0 Å². The maximum Gasteiger partial charge on any atom is 0.220 e. The fourth-order valence-electron chi connectivity index (χ4n) is 1.10. The molecule has 0 aromatic carbocycles. The van der Waals surface area contributed by atoms with Crippen molar-refractivity contribution in [2.24, 2.45) is 5.73 Å². The molecule has 0 bridgehead atoms. The van der Waals surface area contributed by atoms with Crippen LogP contribution in [-0.2, 0) is 4.79 Å². The normalized spacial score (nSPS) is 26.3. The number of nitrogens with two attached hydrogens (primary N) is 1. The molecule has 52 valence electrons. The van der Waals surface area contributed by atoms with Crippen LogP contribution >= 0.6 is 0 Å². The SMILES string of the molecule is NCC[C@H]1CCC(=O)N1. The largest absolute Gasteiger partial charge is 0.353 e. The predicted octanol–water partition coefficient (Wildman–Crippen LogP) is -0.386. The molecule has 3 N–H and O–H groups in total. The lowest BCUT2D eigenvalue weighted by Gasteiger charge is -2.05. The van der Waals surface area contributed by atoms with Crippen molar-refractivity contribution in [1.29, 1.82) is 0 Å². The summed E-state index contributed by atoms with van der Waals surface area (Å²) >= 11 is 0. The second-order valence-electron chi connectivity index (χ2n) is 2.38. The van der Waals surface area contributed by atoms with Gasteiger partial charge in [0.15, 0.2) is 0 Å². The lowest BCUT2D eigenvalue weighted by atomic mass is 10.2. The average molecular weight is 128 g/mol. The first-order valence-corrected chi connectivity index (χ1v) is 3.32. The summed E-state index contributed by atoms with van der Waals surface area (Å²) in [5, 5.41) is 2.84. The molecule has 1 fully saturated rings. The van der Waals surface area contributed by atoms with Gasteiger partial charge in [-0.3, -0.25) is 4.79 Å². The van der Waals surface area contributed by atoms with Crippen LogP contribution in [-0.4, -0.2) is 18.5 Å². The van der Waals surface area contributed by atoms with Crippen LogP contribution in [0.4, 0.5) is 0 Å². The van der Waals surface area contributed by atoms with Gasteiger partial charge in [-0.05, 0) is 19.4 Å². The molecular weight excluding hydrogens is 116 g/mol. The minimum atomic E-state index is 0.174. The third-order valence-corrected chi connectivity index (χ3v) is 1.60. The van der Waals surface area contributed by atoms with Crippen molar-refractivity contribution >= 4 is 5.91 Å². The van der Waals surface area contributed by atoms with Crippen molar-refractivity contribution in [2.75, 3.05) is 6.54 Å². The molecule has 0 aliphatic carbocycles. The molecule has 0 aromatic rings. The van der Waals surface area contributed by atoms with E-state index in [4.69, 9.17) is 5.73 Å². The number of amides is 1. The second kappa shape index (κ2) is 2.82. The molecule has 1 heterocycles. The van der Waals surface area contributed by atoms with E-state index < -0.39 is 0 Å². The highest BCUT2D eigenvalue weighted by Gasteiger charge is 2.18. The van der Waals surface area contributed by atoms with Crippen LogP contribution in [0, 0.1) is 0 Å². The highest BCUT2D eigenvalue weighted by molar-refractivity contribution is 5.78. The first kappa shape index (κ1) is 6.55. The molecule has 1 rings (SSSR count). The zero-order valence-electron chi connectivity index (χ0n) is 5.39. The Hall–Kier alpha value is -0.570. The topological polar surface area (TPSA) is 55.1 Å². The van der Waals surface area contributed by atoms with E-state index in [0.717, 1.165) is 12.8 Å². The molecule has 1 aliphatic rings. The van der Waals surface area contributed by atoms with Gasteiger partial charge in [-0.15, -0.1) is 0 Å². The smallest absolute Gasteiger partial charge is 0.220 e. The number of carbonyl (C=O) groups is 1. The number of rotatable bonds is 2. The molecule has 3 nitrogen and oxygen atoms in total. The molecule has 0 aromatic heterocycles. The Morgan fingerprint density at radius 3 is 3.00 bits per heavy atom. The molecule has 1 amide bonds.